The van der Waals surface area contributed by atoms with E-state index in [4.69, 9.17) is 18.7 Å². The van der Waals surface area contributed by atoms with E-state index in [1.165, 1.54) is 0 Å². The van der Waals surface area contributed by atoms with E-state index >= 15 is 0 Å². The SMILES string of the molecule is CCOc1ccc(C(=O)N[C@H](C)c2nc(-c3ccc(OC)c(OC)c3)no2)cc1. The molecule has 1 aromatic heterocycles. The normalized spacial score (nSPS) is 11.6. The summed E-state index contributed by atoms with van der Waals surface area (Å²) in [5, 5.41) is 6.85. The van der Waals surface area contributed by atoms with Gasteiger partial charge in [-0.2, -0.15) is 4.98 Å². The molecule has 1 atom stereocenters. The zero-order valence-corrected chi connectivity index (χ0v) is 16.8. The van der Waals surface area contributed by atoms with E-state index in [0.29, 0.717) is 46.7 Å². The Hall–Kier alpha value is -3.55. The standard InChI is InChI=1S/C21H23N3O5/c1-5-28-16-9-6-14(7-10-16)20(25)22-13(2)21-23-19(24-29-21)15-8-11-17(26-3)18(12-15)27-4/h6-13H,5H2,1-4H3,(H,22,25)/t13-/m1/s1. The van der Waals surface area contributed by atoms with Gasteiger partial charge in [-0.15, -0.1) is 0 Å². The first-order chi connectivity index (χ1) is 14.0. The lowest BCUT2D eigenvalue weighted by Crippen LogP contribution is -2.26. The third-order valence-electron chi connectivity index (χ3n) is 4.23. The molecular weight excluding hydrogens is 374 g/mol. The van der Waals surface area contributed by atoms with Crippen LogP contribution in [-0.4, -0.2) is 36.9 Å². The molecule has 0 fully saturated rings. The van der Waals surface area contributed by atoms with Crippen LogP contribution in [0.15, 0.2) is 47.0 Å². The lowest BCUT2D eigenvalue weighted by molar-refractivity contribution is 0.0932. The Morgan fingerprint density at radius 2 is 1.83 bits per heavy atom. The van der Waals surface area contributed by atoms with Crippen molar-refractivity contribution in [2.45, 2.75) is 19.9 Å². The Kier molecular flexibility index (Phi) is 6.33. The highest BCUT2D eigenvalue weighted by Crippen LogP contribution is 2.31. The number of benzene rings is 2. The van der Waals surface area contributed by atoms with E-state index in [9.17, 15) is 4.79 Å². The number of ether oxygens (including phenoxy) is 3. The van der Waals surface area contributed by atoms with Gasteiger partial charge < -0.3 is 24.1 Å². The fourth-order valence-electron chi connectivity index (χ4n) is 2.71. The number of hydrogen-bond donors (Lipinski definition) is 1. The fourth-order valence-corrected chi connectivity index (χ4v) is 2.71. The van der Waals surface area contributed by atoms with E-state index in [0.717, 1.165) is 0 Å². The maximum absolute atomic E-state index is 12.5. The smallest absolute Gasteiger partial charge is 0.251 e. The summed E-state index contributed by atoms with van der Waals surface area (Å²) in [6.45, 7) is 4.25. The number of aromatic nitrogens is 2. The van der Waals surface area contributed by atoms with Gasteiger partial charge >= 0.3 is 0 Å². The minimum Gasteiger partial charge on any atom is -0.494 e. The van der Waals surface area contributed by atoms with Gasteiger partial charge in [-0.3, -0.25) is 4.79 Å². The summed E-state index contributed by atoms with van der Waals surface area (Å²) >= 11 is 0. The van der Waals surface area contributed by atoms with Gasteiger partial charge in [0.25, 0.3) is 5.91 Å². The minimum absolute atomic E-state index is 0.244. The molecule has 0 unspecified atom stereocenters. The molecule has 0 saturated carbocycles. The van der Waals surface area contributed by atoms with Crippen molar-refractivity contribution in [2.75, 3.05) is 20.8 Å². The minimum atomic E-state index is -0.463. The van der Waals surface area contributed by atoms with Gasteiger partial charge in [-0.1, -0.05) is 5.16 Å². The Morgan fingerprint density at radius 1 is 1.10 bits per heavy atom. The summed E-state index contributed by atoms with van der Waals surface area (Å²) in [6, 6.07) is 11.8. The summed E-state index contributed by atoms with van der Waals surface area (Å²) in [5.74, 6) is 2.33. The molecule has 0 spiro atoms. The Bertz CT molecular complexity index is 969. The van der Waals surface area contributed by atoms with Crippen LogP contribution in [0.25, 0.3) is 11.4 Å². The van der Waals surface area contributed by atoms with Crippen molar-refractivity contribution >= 4 is 5.91 Å². The number of amides is 1. The molecule has 0 bridgehead atoms. The predicted molar refractivity (Wildman–Crippen MR) is 106 cm³/mol. The van der Waals surface area contributed by atoms with Crippen LogP contribution in [0, 0.1) is 0 Å². The molecule has 8 nitrogen and oxygen atoms in total. The second-order valence-corrected chi connectivity index (χ2v) is 6.18. The topological polar surface area (TPSA) is 95.7 Å². The van der Waals surface area contributed by atoms with Crippen LogP contribution in [0.4, 0.5) is 0 Å². The highest BCUT2D eigenvalue weighted by Gasteiger charge is 2.19. The van der Waals surface area contributed by atoms with Crippen molar-refractivity contribution in [1.82, 2.24) is 15.5 Å². The largest absolute Gasteiger partial charge is 0.494 e. The molecule has 29 heavy (non-hydrogen) atoms. The fraction of sp³-hybridized carbons (Fsp3) is 0.286. The molecule has 3 rings (SSSR count). The molecule has 0 aliphatic rings. The van der Waals surface area contributed by atoms with Gasteiger partial charge in [0.1, 0.15) is 11.8 Å². The van der Waals surface area contributed by atoms with Gasteiger partial charge in [0.15, 0.2) is 11.5 Å². The van der Waals surface area contributed by atoms with Crippen LogP contribution < -0.4 is 19.5 Å². The lowest BCUT2D eigenvalue weighted by atomic mass is 10.2. The molecule has 0 aliphatic heterocycles. The third-order valence-corrected chi connectivity index (χ3v) is 4.23. The molecule has 3 aromatic rings. The monoisotopic (exact) mass is 397 g/mol. The zero-order valence-electron chi connectivity index (χ0n) is 16.8. The van der Waals surface area contributed by atoms with Crippen molar-refractivity contribution in [3.8, 4) is 28.6 Å². The van der Waals surface area contributed by atoms with Gasteiger partial charge in [0, 0.05) is 11.1 Å². The van der Waals surface area contributed by atoms with Crippen LogP contribution in [0.2, 0.25) is 0 Å². The van der Waals surface area contributed by atoms with Crippen LogP contribution in [0.3, 0.4) is 0 Å². The predicted octanol–water partition coefficient (Wildman–Crippen LogP) is 3.64. The summed E-state index contributed by atoms with van der Waals surface area (Å²) < 4.78 is 21.2. The van der Waals surface area contributed by atoms with Crippen molar-refractivity contribution in [1.29, 1.82) is 0 Å². The summed E-state index contributed by atoms with van der Waals surface area (Å²) in [6.07, 6.45) is 0. The number of carbonyl (C=O) groups is 1. The maximum atomic E-state index is 12.5. The van der Waals surface area contributed by atoms with Crippen molar-refractivity contribution in [3.05, 3.63) is 53.9 Å². The molecule has 2 aromatic carbocycles. The summed E-state index contributed by atoms with van der Waals surface area (Å²) in [7, 11) is 3.13. The van der Waals surface area contributed by atoms with Crippen molar-refractivity contribution in [2.24, 2.45) is 0 Å². The van der Waals surface area contributed by atoms with Crippen LogP contribution in [0.1, 0.15) is 36.1 Å². The number of methoxy groups -OCH3 is 2. The molecule has 1 N–H and O–H groups in total. The van der Waals surface area contributed by atoms with E-state index in [1.54, 1.807) is 63.6 Å². The molecule has 0 radical (unpaired) electrons. The number of carbonyl (C=O) groups excluding carboxylic acids is 1. The summed E-state index contributed by atoms with van der Waals surface area (Å²) in [4.78, 5) is 16.8. The van der Waals surface area contributed by atoms with E-state index in [1.807, 2.05) is 6.92 Å². The molecule has 0 aliphatic carbocycles. The van der Waals surface area contributed by atoms with Crippen molar-refractivity contribution < 1.29 is 23.5 Å². The Balaban J connectivity index is 1.70. The first-order valence-electron chi connectivity index (χ1n) is 9.15. The number of rotatable bonds is 8. The molecule has 1 heterocycles. The van der Waals surface area contributed by atoms with Gasteiger partial charge in [-0.25, -0.2) is 0 Å². The number of hydrogen-bond acceptors (Lipinski definition) is 7. The van der Waals surface area contributed by atoms with Gasteiger partial charge in [-0.05, 0) is 56.3 Å². The first-order valence-corrected chi connectivity index (χ1v) is 9.15. The molecule has 1 amide bonds. The molecule has 0 saturated heterocycles. The average molecular weight is 397 g/mol. The average Bonchev–Trinajstić information content (AvgIpc) is 3.24. The number of nitrogens with one attached hydrogen (secondary N) is 1. The van der Waals surface area contributed by atoms with Crippen LogP contribution >= 0.6 is 0 Å². The number of nitrogens with zero attached hydrogens (tertiary/aromatic N) is 2. The second-order valence-electron chi connectivity index (χ2n) is 6.18. The van der Waals surface area contributed by atoms with E-state index < -0.39 is 6.04 Å². The third kappa shape index (κ3) is 4.66. The maximum Gasteiger partial charge on any atom is 0.251 e. The van der Waals surface area contributed by atoms with Crippen LogP contribution in [0.5, 0.6) is 17.2 Å². The Morgan fingerprint density at radius 3 is 2.48 bits per heavy atom. The highest BCUT2D eigenvalue weighted by atomic mass is 16.5. The van der Waals surface area contributed by atoms with Gasteiger partial charge in [0.05, 0.1) is 20.8 Å². The highest BCUT2D eigenvalue weighted by molar-refractivity contribution is 5.94. The summed E-state index contributed by atoms with van der Waals surface area (Å²) in [5.41, 5.74) is 1.22. The lowest BCUT2D eigenvalue weighted by Gasteiger charge is -2.10. The first kappa shape index (κ1) is 20.2. The van der Waals surface area contributed by atoms with E-state index in [-0.39, 0.29) is 5.91 Å². The van der Waals surface area contributed by atoms with Crippen molar-refractivity contribution in [3.63, 3.8) is 0 Å². The zero-order chi connectivity index (χ0) is 20.8. The second kappa shape index (κ2) is 9.09. The van der Waals surface area contributed by atoms with E-state index in [2.05, 4.69) is 15.5 Å². The quantitative estimate of drug-likeness (QED) is 0.620. The molecule has 8 heteroatoms. The molecular formula is C21H23N3O5. The van der Waals surface area contributed by atoms with Crippen LogP contribution in [-0.2, 0) is 0 Å². The Labute approximate surface area is 168 Å². The van der Waals surface area contributed by atoms with Gasteiger partial charge in [0.2, 0.25) is 11.7 Å². The molecule has 152 valence electrons.